The lowest BCUT2D eigenvalue weighted by Crippen LogP contribution is -2.34. The van der Waals surface area contributed by atoms with Crippen LogP contribution in [0.15, 0.2) is 48.5 Å². The Morgan fingerprint density at radius 1 is 1.04 bits per heavy atom. The molecule has 0 spiro atoms. The number of tetrazole rings is 1. The van der Waals surface area contributed by atoms with Crippen molar-refractivity contribution in [2.75, 3.05) is 10.6 Å². The van der Waals surface area contributed by atoms with Gasteiger partial charge in [-0.1, -0.05) is 24.3 Å². The van der Waals surface area contributed by atoms with Gasteiger partial charge in [0.25, 0.3) is 5.91 Å². The number of benzene rings is 2. The predicted molar refractivity (Wildman–Crippen MR) is 106 cm³/mol. The molecule has 2 aromatic carbocycles. The minimum atomic E-state index is -0.368. The van der Waals surface area contributed by atoms with Crippen LogP contribution in [0.5, 0.6) is 0 Å². The molecule has 0 aliphatic heterocycles. The lowest BCUT2D eigenvalue weighted by atomic mass is 10.1. The number of urea groups is 1. The molecule has 0 saturated heterocycles. The fourth-order valence-corrected chi connectivity index (χ4v) is 2.62. The smallest absolute Gasteiger partial charge is 0.319 e. The van der Waals surface area contributed by atoms with Crippen LogP contribution in [0.4, 0.5) is 16.2 Å². The second kappa shape index (κ2) is 8.30. The Bertz CT molecular complexity index is 997. The van der Waals surface area contributed by atoms with Gasteiger partial charge in [-0.3, -0.25) is 4.79 Å². The van der Waals surface area contributed by atoms with Crippen LogP contribution in [0, 0.1) is 0 Å². The van der Waals surface area contributed by atoms with Gasteiger partial charge in [-0.25, -0.2) is 9.48 Å². The SMILES string of the molecule is CC(C)NC(=O)Nc1ccccc1C(=O)Nc1cccc(-c2nnnn2C)c1. The standard InChI is InChI=1S/C19H21N7O2/c1-12(2)20-19(28)22-16-10-5-4-9-15(16)18(27)21-14-8-6-7-13(11-14)17-23-24-25-26(17)3/h4-12H,1-3H3,(H,21,27)(H2,20,22,28). The highest BCUT2D eigenvalue weighted by Crippen LogP contribution is 2.21. The number of hydrogen-bond donors (Lipinski definition) is 3. The summed E-state index contributed by atoms with van der Waals surface area (Å²) in [6.45, 7) is 3.72. The van der Waals surface area contributed by atoms with Crippen molar-refractivity contribution in [1.29, 1.82) is 0 Å². The van der Waals surface area contributed by atoms with Gasteiger partial charge in [-0.15, -0.1) is 5.10 Å². The number of anilines is 2. The van der Waals surface area contributed by atoms with Gasteiger partial charge >= 0.3 is 6.03 Å². The predicted octanol–water partition coefficient (Wildman–Crippen LogP) is 2.66. The molecule has 3 aromatic rings. The van der Waals surface area contributed by atoms with Crippen molar-refractivity contribution >= 4 is 23.3 Å². The molecule has 0 saturated carbocycles. The Labute approximate surface area is 162 Å². The molecule has 0 fully saturated rings. The highest BCUT2D eigenvalue weighted by molar-refractivity contribution is 6.10. The van der Waals surface area contributed by atoms with E-state index in [0.717, 1.165) is 5.56 Å². The second-order valence-corrected chi connectivity index (χ2v) is 6.46. The minimum Gasteiger partial charge on any atom is -0.336 e. The average molecular weight is 379 g/mol. The number of para-hydroxylation sites is 1. The summed E-state index contributed by atoms with van der Waals surface area (Å²) in [6.07, 6.45) is 0. The highest BCUT2D eigenvalue weighted by Gasteiger charge is 2.14. The molecule has 0 aliphatic carbocycles. The summed E-state index contributed by atoms with van der Waals surface area (Å²) in [5, 5.41) is 19.7. The number of rotatable bonds is 5. The van der Waals surface area contributed by atoms with E-state index in [1.165, 1.54) is 0 Å². The zero-order valence-corrected chi connectivity index (χ0v) is 15.8. The van der Waals surface area contributed by atoms with E-state index in [-0.39, 0.29) is 18.0 Å². The second-order valence-electron chi connectivity index (χ2n) is 6.46. The molecule has 0 bridgehead atoms. The first-order valence-electron chi connectivity index (χ1n) is 8.74. The third-order valence-electron chi connectivity index (χ3n) is 3.84. The van der Waals surface area contributed by atoms with Crippen LogP contribution in [-0.4, -0.2) is 38.2 Å². The van der Waals surface area contributed by atoms with Gasteiger partial charge in [0.1, 0.15) is 0 Å². The number of nitrogens with zero attached hydrogens (tertiary/aromatic N) is 4. The molecule has 3 amide bonds. The van der Waals surface area contributed by atoms with Crippen LogP contribution in [-0.2, 0) is 7.05 Å². The van der Waals surface area contributed by atoms with Crippen molar-refractivity contribution in [3.05, 3.63) is 54.1 Å². The summed E-state index contributed by atoms with van der Waals surface area (Å²) in [7, 11) is 1.74. The average Bonchev–Trinajstić information content (AvgIpc) is 3.07. The Morgan fingerprint density at radius 2 is 1.82 bits per heavy atom. The topological polar surface area (TPSA) is 114 Å². The number of nitrogens with one attached hydrogen (secondary N) is 3. The Kier molecular flexibility index (Phi) is 5.64. The fraction of sp³-hybridized carbons (Fsp3) is 0.211. The quantitative estimate of drug-likeness (QED) is 0.631. The van der Waals surface area contributed by atoms with Crippen LogP contribution in [0.3, 0.4) is 0 Å². The molecule has 9 nitrogen and oxygen atoms in total. The van der Waals surface area contributed by atoms with Gasteiger partial charge < -0.3 is 16.0 Å². The summed E-state index contributed by atoms with van der Waals surface area (Å²) in [6, 6.07) is 13.6. The normalized spacial score (nSPS) is 10.6. The first kappa shape index (κ1) is 19.0. The molecule has 9 heteroatoms. The molecular weight excluding hydrogens is 358 g/mol. The largest absolute Gasteiger partial charge is 0.336 e. The van der Waals surface area contributed by atoms with Crippen LogP contribution in [0.2, 0.25) is 0 Å². The van der Waals surface area contributed by atoms with E-state index in [2.05, 4.69) is 31.5 Å². The molecular formula is C19H21N7O2. The number of carbonyl (C=O) groups is 2. The van der Waals surface area contributed by atoms with E-state index < -0.39 is 0 Å². The van der Waals surface area contributed by atoms with Gasteiger partial charge in [-0.05, 0) is 48.5 Å². The highest BCUT2D eigenvalue weighted by atomic mass is 16.2. The lowest BCUT2D eigenvalue weighted by molar-refractivity contribution is 0.102. The number of aryl methyl sites for hydroxylation is 1. The van der Waals surface area contributed by atoms with Crippen LogP contribution >= 0.6 is 0 Å². The van der Waals surface area contributed by atoms with Crippen molar-refractivity contribution in [2.24, 2.45) is 7.05 Å². The third-order valence-corrected chi connectivity index (χ3v) is 3.84. The van der Waals surface area contributed by atoms with E-state index >= 15 is 0 Å². The zero-order chi connectivity index (χ0) is 20.1. The maximum absolute atomic E-state index is 12.8. The van der Waals surface area contributed by atoms with Crippen molar-refractivity contribution in [3.63, 3.8) is 0 Å². The molecule has 0 atom stereocenters. The summed E-state index contributed by atoms with van der Waals surface area (Å²) in [4.78, 5) is 24.8. The maximum Gasteiger partial charge on any atom is 0.319 e. The van der Waals surface area contributed by atoms with Crippen molar-refractivity contribution in [3.8, 4) is 11.4 Å². The molecule has 144 valence electrons. The van der Waals surface area contributed by atoms with Gasteiger partial charge in [-0.2, -0.15) is 0 Å². The minimum absolute atomic E-state index is 0.0150. The third kappa shape index (κ3) is 4.50. The number of carbonyl (C=O) groups excluding carboxylic acids is 2. The van der Waals surface area contributed by atoms with E-state index in [1.807, 2.05) is 19.9 Å². The van der Waals surface area contributed by atoms with Crippen LogP contribution in [0.25, 0.3) is 11.4 Å². The Morgan fingerprint density at radius 3 is 2.54 bits per heavy atom. The molecule has 28 heavy (non-hydrogen) atoms. The van der Waals surface area contributed by atoms with Crippen LogP contribution in [0.1, 0.15) is 24.2 Å². The first-order valence-corrected chi connectivity index (χ1v) is 8.74. The van der Waals surface area contributed by atoms with Gasteiger partial charge in [0.15, 0.2) is 5.82 Å². The molecule has 1 heterocycles. The molecule has 3 N–H and O–H groups in total. The molecule has 1 aromatic heterocycles. The number of hydrogen-bond acceptors (Lipinski definition) is 5. The Balaban J connectivity index is 1.79. The summed E-state index contributed by atoms with van der Waals surface area (Å²) in [5.41, 5.74) is 2.14. The molecule has 0 aliphatic rings. The van der Waals surface area contributed by atoms with E-state index in [0.29, 0.717) is 22.8 Å². The van der Waals surface area contributed by atoms with Crippen LogP contribution < -0.4 is 16.0 Å². The van der Waals surface area contributed by atoms with Gasteiger partial charge in [0.05, 0.1) is 11.3 Å². The lowest BCUT2D eigenvalue weighted by Gasteiger charge is -2.14. The van der Waals surface area contributed by atoms with Gasteiger partial charge in [0, 0.05) is 24.3 Å². The maximum atomic E-state index is 12.8. The molecule has 3 rings (SSSR count). The fourth-order valence-electron chi connectivity index (χ4n) is 2.62. The monoisotopic (exact) mass is 379 g/mol. The molecule has 0 radical (unpaired) electrons. The van der Waals surface area contributed by atoms with Crippen molar-refractivity contribution in [2.45, 2.75) is 19.9 Å². The van der Waals surface area contributed by atoms with E-state index in [1.54, 1.807) is 54.2 Å². The van der Waals surface area contributed by atoms with Crippen molar-refractivity contribution < 1.29 is 9.59 Å². The van der Waals surface area contributed by atoms with Crippen molar-refractivity contribution in [1.82, 2.24) is 25.5 Å². The Hall–Kier alpha value is -3.75. The summed E-state index contributed by atoms with van der Waals surface area (Å²) in [5.74, 6) is 0.247. The van der Waals surface area contributed by atoms with E-state index in [9.17, 15) is 9.59 Å². The zero-order valence-electron chi connectivity index (χ0n) is 15.8. The van der Waals surface area contributed by atoms with E-state index in [4.69, 9.17) is 0 Å². The first-order chi connectivity index (χ1) is 13.4. The summed E-state index contributed by atoms with van der Waals surface area (Å²) < 4.78 is 1.55. The molecule has 0 unspecified atom stereocenters. The number of amides is 3. The van der Waals surface area contributed by atoms with Gasteiger partial charge in [0.2, 0.25) is 0 Å². The summed E-state index contributed by atoms with van der Waals surface area (Å²) >= 11 is 0. The number of aromatic nitrogens is 4.